The molecule has 0 aliphatic carbocycles. The highest BCUT2D eigenvalue weighted by molar-refractivity contribution is 5.66. The lowest BCUT2D eigenvalue weighted by atomic mass is 10.1. The first-order valence-electron chi connectivity index (χ1n) is 5.87. The lowest BCUT2D eigenvalue weighted by Crippen LogP contribution is -2.11. The van der Waals surface area contributed by atoms with Gasteiger partial charge in [0.05, 0.1) is 19.9 Å². The fourth-order valence-corrected chi connectivity index (χ4v) is 1.81. The van der Waals surface area contributed by atoms with E-state index in [0.717, 1.165) is 23.4 Å². The highest BCUT2D eigenvalue weighted by Crippen LogP contribution is 2.28. The first-order valence-corrected chi connectivity index (χ1v) is 5.87. The second-order valence-corrected chi connectivity index (χ2v) is 3.89. The fourth-order valence-electron chi connectivity index (χ4n) is 1.81. The number of ether oxygens (including phenoxy) is 1. The molecule has 0 bridgehead atoms. The minimum atomic E-state index is -0.370. The number of benzene rings is 1. The van der Waals surface area contributed by atoms with Crippen LogP contribution >= 0.6 is 0 Å². The summed E-state index contributed by atoms with van der Waals surface area (Å²) in [7, 11) is 1.45. The minimum Gasteiger partial charge on any atom is -0.494 e. The summed E-state index contributed by atoms with van der Waals surface area (Å²) < 4.78 is 24.0. The van der Waals surface area contributed by atoms with Crippen LogP contribution < -0.4 is 10.1 Å². The molecule has 0 radical (unpaired) electrons. The van der Waals surface area contributed by atoms with Crippen LogP contribution in [-0.2, 0) is 6.54 Å². The van der Waals surface area contributed by atoms with E-state index in [4.69, 9.17) is 9.15 Å². The molecule has 1 aromatic heterocycles. The van der Waals surface area contributed by atoms with Gasteiger partial charge in [-0.1, -0.05) is 13.0 Å². The Labute approximate surface area is 106 Å². The van der Waals surface area contributed by atoms with Crippen LogP contribution in [0.1, 0.15) is 12.7 Å². The van der Waals surface area contributed by atoms with Gasteiger partial charge in [-0.3, -0.25) is 0 Å². The van der Waals surface area contributed by atoms with Gasteiger partial charge in [0.15, 0.2) is 11.6 Å². The van der Waals surface area contributed by atoms with Crippen molar-refractivity contribution in [3.8, 4) is 16.9 Å². The number of nitrogens with one attached hydrogen (secondary N) is 1. The molecule has 3 nitrogen and oxygen atoms in total. The van der Waals surface area contributed by atoms with Gasteiger partial charge in [-0.25, -0.2) is 4.39 Å². The Morgan fingerprint density at radius 2 is 2.17 bits per heavy atom. The predicted molar refractivity (Wildman–Crippen MR) is 68.0 cm³/mol. The zero-order valence-corrected chi connectivity index (χ0v) is 10.5. The van der Waals surface area contributed by atoms with Gasteiger partial charge in [0.1, 0.15) is 5.76 Å². The molecule has 0 aliphatic rings. The number of methoxy groups -OCH3 is 1. The summed E-state index contributed by atoms with van der Waals surface area (Å²) in [6.45, 7) is 3.51. The van der Waals surface area contributed by atoms with Gasteiger partial charge in [-0.15, -0.1) is 0 Å². The van der Waals surface area contributed by atoms with Crippen LogP contribution in [0, 0.1) is 5.82 Å². The Kier molecular flexibility index (Phi) is 3.99. The maximum absolute atomic E-state index is 13.7. The summed E-state index contributed by atoms with van der Waals surface area (Å²) in [4.78, 5) is 0. The monoisotopic (exact) mass is 249 g/mol. The van der Waals surface area contributed by atoms with Gasteiger partial charge < -0.3 is 14.5 Å². The van der Waals surface area contributed by atoms with Crippen LogP contribution in [0.4, 0.5) is 4.39 Å². The van der Waals surface area contributed by atoms with Crippen molar-refractivity contribution in [3.05, 3.63) is 42.1 Å². The number of furan rings is 1. The minimum absolute atomic E-state index is 0.246. The Hall–Kier alpha value is -1.81. The second-order valence-electron chi connectivity index (χ2n) is 3.89. The van der Waals surface area contributed by atoms with E-state index in [2.05, 4.69) is 5.32 Å². The largest absolute Gasteiger partial charge is 0.494 e. The normalized spacial score (nSPS) is 10.6. The molecule has 96 valence electrons. The van der Waals surface area contributed by atoms with Crippen molar-refractivity contribution in [3.63, 3.8) is 0 Å². The van der Waals surface area contributed by atoms with Crippen LogP contribution in [-0.4, -0.2) is 13.7 Å². The molecule has 0 fully saturated rings. The lowest BCUT2D eigenvalue weighted by Gasteiger charge is -2.06. The number of hydrogen-bond acceptors (Lipinski definition) is 3. The first kappa shape index (κ1) is 12.6. The summed E-state index contributed by atoms with van der Waals surface area (Å²) in [6.07, 6.45) is 1.62. The first-order chi connectivity index (χ1) is 8.76. The van der Waals surface area contributed by atoms with Crippen molar-refractivity contribution >= 4 is 0 Å². The molecule has 1 heterocycles. The molecule has 0 atom stereocenters. The molecule has 2 aromatic rings. The molecule has 0 saturated heterocycles. The van der Waals surface area contributed by atoms with Crippen LogP contribution in [0.3, 0.4) is 0 Å². The van der Waals surface area contributed by atoms with Gasteiger partial charge in [0.2, 0.25) is 0 Å². The standard InChI is InChI=1S/C14H16FNO2/c1-3-16-9-14-11(6-7-18-14)10-4-5-13(17-2)12(15)8-10/h4-8,16H,3,9H2,1-2H3. The maximum atomic E-state index is 13.7. The van der Waals surface area contributed by atoms with Crippen molar-refractivity contribution in [2.24, 2.45) is 0 Å². The zero-order valence-electron chi connectivity index (χ0n) is 10.5. The lowest BCUT2D eigenvalue weighted by molar-refractivity contribution is 0.386. The maximum Gasteiger partial charge on any atom is 0.165 e. The van der Waals surface area contributed by atoms with Gasteiger partial charge in [-0.05, 0) is 30.3 Å². The van der Waals surface area contributed by atoms with E-state index < -0.39 is 0 Å². The molecular weight excluding hydrogens is 233 g/mol. The molecule has 4 heteroatoms. The molecule has 0 unspecified atom stereocenters. The van der Waals surface area contributed by atoms with E-state index in [1.54, 1.807) is 12.3 Å². The molecule has 0 saturated carbocycles. The van der Waals surface area contributed by atoms with Crippen LogP contribution in [0.2, 0.25) is 0 Å². The SMILES string of the molecule is CCNCc1occc1-c1ccc(OC)c(F)c1. The Morgan fingerprint density at radius 3 is 2.83 bits per heavy atom. The van der Waals surface area contributed by atoms with E-state index in [9.17, 15) is 4.39 Å². The Morgan fingerprint density at radius 1 is 1.33 bits per heavy atom. The van der Waals surface area contributed by atoms with E-state index in [-0.39, 0.29) is 11.6 Å². The summed E-state index contributed by atoms with van der Waals surface area (Å²) in [5, 5.41) is 3.19. The summed E-state index contributed by atoms with van der Waals surface area (Å²) in [5.74, 6) is 0.683. The Balaban J connectivity index is 2.31. The molecule has 0 spiro atoms. The van der Waals surface area contributed by atoms with Crippen molar-refractivity contribution in [2.45, 2.75) is 13.5 Å². The van der Waals surface area contributed by atoms with E-state index >= 15 is 0 Å². The molecule has 1 aromatic carbocycles. The predicted octanol–water partition coefficient (Wildman–Crippen LogP) is 3.20. The highest BCUT2D eigenvalue weighted by Gasteiger charge is 2.11. The average molecular weight is 249 g/mol. The third-order valence-electron chi connectivity index (χ3n) is 2.74. The fraction of sp³-hybridized carbons (Fsp3) is 0.286. The van der Waals surface area contributed by atoms with Crippen molar-refractivity contribution in [1.29, 1.82) is 0 Å². The average Bonchev–Trinajstić information content (AvgIpc) is 2.84. The van der Waals surface area contributed by atoms with Gasteiger partial charge >= 0.3 is 0 Å². The molecule has 0 aliphatic heterocycles. The van der Waals surface area contributed by atoms with Crippen LogP contribution in [0.25, 0.3) is 11.1 Å². The van der Waals surface area contributed by atoms with Gasteiger partial charge in [0.25, 0.3) is 0 Å². The van der Waals surface area contributed by atoms with E-state index in [1.165, 1.54) is 13.2 Å². The third kappa shape index (κ3) is 2.54. The molecule has 18 heavy (non-hydrogen) atoms. The molecule has 1 N–H and O–H groups in total. The smallest absolute Gasteiger partial charge is 0.165 e. The van der Waals surface area contributed by atoms with Gasteiger partial charge in [0, 0.05) is 5.56 Å². The second kappa shape index (κ2) is 5.69. The molecule has 0 amide bonds. The number of halogens is 1. The molecule has 2 rings (SSSR count). The number of hydrogen-bond donors (Lipinski definition) is 1. The van der Waals surface area contributed by atoms with E-state index in [0.29, 0.717) is 6.54 Å². The zero-order chi connectivity index (χ0) is 13.0. The molecular formula is C14H16FNO2. The highest BCUT2D eigenvalue weighted by atomic mass is 19.1. The van der Waals surface area contributed by atoms with Crippen molar-refractivity contribution in [1.82, 2.24) is 5.32 Å². The Bertz CT molecular complexity index is 522. The van der Waals surface area contributed by atoms with Crippen molar-refractivity contribution < 1.29 is 13.5 Å². The summed E-state index contributed by atoms with van der Waals surface area (Å²) >= 11 is 0. The van der Waals surface area contributed by atoms with Crippen LogP contribution in [0.15, 0.2) is 34.9 Å². The quantitative estimate of drug-likeness (QED) is 0.883. The summed E-state index contributed by atoms with van der Waals surface area (Å²) in [6, 6.07) is 6.74. The third-order valence-corrected chi connectivity index (χ3v) is 2.74. The summed E-state index contributed by atoms with van der Waals surface area (Å²) in [5.41, 5.74) is 1.69. The van der Waals surface area contributed by atoms with Gasteiger partial charge in [-0.2, -0.15) is 0 Å². The number of rotatable bonds is 5. The van der Waals surface area contributed by atoms with Crippen molar-refractivity contribution in [2.75, 3.05) is 13.7 Å². The topological polar surface area (TPSA) is 34.4 Å². The van der Waals surface area contributed by atoms with Crippen LogP contribution in [0.5, 0.6) is 5.75 Å². The van der Waals surface area contributed by atoms with E-state index in [1.807, 2.05) is 19.1 Å².